The van der Waals surface area contributed by atoms with Gasteiger partial charge in [-0.3, -0.25) is 10.7 Å². The van der Waals surface area contributed by atoms with Gasteiger partial charge in [0.2, 0.25) is 5.95 Å². The minimum Gasteiger partial charge on any atom is -0.394 e. The van der Waals surface area contributed by atoms with Crippen LogP contribution in [0.5, 0.6) is 0 Å². The van der Waals surface area contributed by atoms with Crippen LogP contribution in [0.2, 0.25) is 0 Å². The second-order valence-corrected chi connectivity index (χ2v) is 4.48. The first-order chi connectivity index (χ1) is 9.63. The lowest BCUT2D eigenvalue weighted by Gasteiger charge is -2.13. The first kappa shape index (κ1) is 13.0. The lowest BCUT2D eigenvalue weighted by molar-refractivity contribution is -0.0470. The third kappa shape index (κ3) is 1.94. The van der Waals surface area contributed by atoms with Gasteiger partial charge in [0.25, 0.3) is 0 Å². The second kappa shape index (κ2) is 4.83. The Bertz CT molecular complexity index is 631. The summed E-state index contributed by atoms with van der Waals surface area (Å²) in [5, 5.41) is 32.4. The zero-order valence-electron chi connectivity index (χ0n) is 10.3. The van der Waals surface area contributed by atoms with Gasteiger partial charge in [0.15, 0.2) is 17.7 Å². The number of fused-ring (bicyclic) bond motifs is 1. The fourth-order valence-electron chi connectivity index (χ4n) is 2.27. The van der Waals surface area contributed by atoms with Gasteiger partial charge in [-0.25, -0.2) is 4.68 Å². The number of aromatic nitrogens is 4. The van der Waals surface area contributed by atoms with Crippen molar-refractivity contribution in [2.24, 2.45) is 0 Å². The molecule has 1 saturated heterocycles. The second-order valence-electron chi connectivity index (χ2n) is 4.48. The fraction of sp³-hybridized carbons (Fsp3) is 0.500. The molecule has 0 amide bonds. The third-order valence-electron chi connectivity index (χ3n) is 3.23. The Morgan fingerprint density at radius 1 is 1.50 bits per heavy atom. The summed E-state index contributed by atoms with van der Waals surface area (Å²) in [6.45, 7) is -0.280. The highest BCUT2D eigenvalue weighted by atomic mass is 16.5. The van der Waals surface area contributed by atoms with Crippen LogP contribution < -0.4 is 11.2 Å². The molecule has 1 aliphatic heterocycles. The monoisotopic (exact) mass is 282 g/mol. The molecule has 108 valence electrons. The van der Waals surface area contributed by atoms with Crippen LogP contribution in [0.4, 0.5) is 11.8 Å². The van der Waals surface area contributed by atoms with E-state index < -0.39 is 18.4 Å². The topological polar surface area (TPSA) is 152 Å². The molecule has 0 aliphatic carbocycles. The molecule has 0 unspecified atom stereocenters. The number of nitrogens with zero attached hydrogens (tertiary/aromatic N) is 4. The van der Waals surface area contributed by atoms with Crippen LogP contribution in [0.25, 0.3) is 11.0 Å². The molecule has 0 radical (unpaired) electrons. The molecule has 1 aliphatic rings. The smallest absolute Gasteiger partial charge is 0.224 e. The molecule has 3 atom stereocenters. The van der Waals surface area contributed by atoms with Gasteiger partial charge in [0.05, 0.1) is 24.3 Å². The Balaban J connectivity index is 2.03. The number of anilines is 2. The highest BCUT2D eigenvalue weighted by Crippen LogP contribution is 2.31. The van der Waals surface area contributed by atoms with Crippen molar-refractivity contribution >= 4 is 22.8 Å². The average molecular weight is 282 g/mol. The minimum atomic E-state index is -0.779. The number of nitrogens with one attached hydrogen (secondary N) is 1. The molecule has 0 saturated carbocycles. The molecule has 10 nitrogen and oxygen atoms in total. The van der Waals surface area contributed by atoms with Crippen LogP contribution in [0.15, 0.2) is 6.20 Å². The number of ether oxygens (including phenoxy) is 1. The zero-order chi connectivity index (χ0) is 14.3. The van der Waals surface area contributed by atoms with Crippen LogP contribution in [0.3, 0.4) is 0 Å². The van der Waals surface area contributed by atoms with Crippen molar-refractivity contribution in [3.8, 4) is 0 Å². The van der Waals surface area contributed by atoms with Crippen molar-refractivity contribution in [3.63, 3.8) is 0 Å². The van der Waals surface area contributed by atoms with E-state index >= 15 is 0 Å². The van der Waals surface area contributed by atoms with E-state index in [-0.39, 0.29) is 24.8 Å². The number of aliphatic hydroxyl groups is 2. The van der Waals surface area contributed by atoms with Crippen molar-refractivity contribution in [3.05, 3.63) is 6.20 Å². The maximum Gasteiger partial charge on any atom is 0.224 e. The largest absolute Gasteiger partial charge is 0.394 e. The SMILES string of the molecule is Nc1nc(NO)c2cnn([C@H]3C[C@H](O)[C@@H](CO)O3)c2n1. The van der Waals surface area contributed by atoms with Crippen LogP contribution in [-0.4, -0.2) is 54.0 Å². The van der Waals surface area contributed by atoms with Crippen molar-refractivity contribution in [2.45, 2.75) is 24.9 Å². The first-order valence-corrected chi connectivity index (χ1v) is 5.99. The molecule has 1 fully saturated rings. The molecule has 3 heterocycles. The molecule has 0 aromatic carbocycles. The highest BCUT2D eigenvalue weighted by molar-refractivity contribution is 5.86. The Morgan fingerprint density at radius 2 is 2.30 bits per heavy atom. The molecule has 10 heteroatoms. The lowest BCUT2D eigenvalue weighted by Crippen LogP contribution is -2.24. The maximum absolute atomic E-state index is 9.75. The van der Waals surface area contributed by atoms with Crippen molar-refractivity contribution in [2.75, 3.05) is 17.8 Å². The number of nitrogens with two attached hydrogens (primary N) is 1. The number of rotatable bonds is 3. The molecular weight excluding hydrogens is 268 g/mol. The van der Waals surface area contributed by atoms with E-state index in [2.05, 4.69) is 15.1 Å². The third-order valence-corrected chi connectivity index (χ3v) is 3.23. The van der Waals surface area contributed by atoms with Crippen LogP contribution >= 0.6 is 0 Å². The predicted molar refractivity (Wildman–Crippen MR) is 66.8 cm³/mol. The van der Waals surface area contributed by atoms with E-state index in [0.717, 1.165) is 0 Å². The van der Waals surface area contributed by atoms with Crippen molar-refractivity contribution < 1.29 is 20.2 Å². The quantitative estimate of drug-likeness (QED) is 0.439. The highest BCUT2D eigenvalue weighted by Gasteiger charge is 2.35. The van der Waals surface area contributed by atoms with Crippen molar-refractivity contribution in [1.29, 1.82) is 0 Å². The van der Waals surface area contributed by atoms with Gasteiger partial charge in [0.1, 0.15) is 6.10 Å². The van der Waals surface area contributed by atoms with Gasteiger partial charge >= 0.3 is 0 Å². The number of hydrogen-bond donors (Lipinski definition) is 5. The Labute approximate surface area is 112 Å². The van der Waals surface area contributed by atoms with Gasteiger partial charge in [-0.2, -0.15) is 15.1 Å². The lowest BCUT2D eigenvalue weighted by atomic mass is 10.2. The first-order valence-electron chi connectivity index (χ1n) is 5.99. The van der Waals surface area contributed by atoms with E-state index in [1.54, 1.807) is 0 Å². The molecule has 20 heavy (non-hydrogen) atoms. The van der Waals surface area contributed by atoms with Crippen molar-refractivity contribution in [1.82, 2.24) is 19.7 Å². The maximum atomic E-state index is 9.75. The van der Waals surface area contributed by atoms with Gasteiger partial charge in [0, 0.05) is 6.42 Å². The molecule has 0 bridgehead atoms. The summed E-state index contributed by atoms with van der Waals surface area (Å²) in [7, 11) is 0. The number of nitrogen functional groups attached to an aromatic ring is 1. The van der Waals surface area contributed by atoms with Crippen LogP contribution in [0, 0.1) is 0 Å². The van der Waals surface area contributed by atoms with E-state index in [4.69, 9.17) is 20.8 Å². The summed E-state index contributed by atoms with van der Waals surface area (Å²) < 4.78 is 6.94. The van der Waals surface area contributed by atoms with E-state index in [9.17, 15) is 5.11 Å². The van der Waals surface area contributed by atoms with E-state index in [1.807, 2.05) is 5.48 Å². The summed E-state index contributed by atoms with van der Waals surface area (Å²) in [5.74, 6) is 0.101. The molecule has 2 aromatic heterocycles. The Hall–Kier alpha value is -2.01. The Kier molecular flexibility index (Phi) is 3.14. The molecule has 6 N–H and O–H groups in total. The van der Waals surface area contributed by atoms with E-state index in [0.29, 0.717) is 11.0 Å². The summed E-state index contributed by atoms with van der Waals surface area (Å²) in [5.41, 5.74) is 7.86. The molecular formula is C10H14N6O4. The summed E-state index contributed by atoms with van der Waals surface area (Å²) in [6, 6.07) is 0. The van der Waals surface area contributed by atoms with Gasteiger partial charge in [-0.05, 0) is 0 Å². The zero-order valence-corrected chi connectivity index (χ0v) is 10.3. The van der Waals surface area contributed by atoms with Gasteiger partial charge in [-0.15, -0.1) is 0 Å². The standard InChI is InChI=1S/C10H14N6O4/c11-10-13-8(15-19)4-2-12-16(9(4)14-10)7-1-5(18)6(3-17)20-7/h2,5-7,17-19H,1,3H2,(H3,11,13,14,15)/t5-,6+,7+/m0/s1. The predicted octanol–water partition coefficient (Wildman–Crippen LogP) is -1.15. The van der Waals surface area contributed by atoms with Gasteiger partial charge in [-0.1, -0.05) is 0 Å². The Morgan fingerprint density at radius 3 is 2.95 bits per heavy atom. The average Bonchev–Trinajstić information content (AvgIpc) is 3.00. The summed E-state index contributed by atoms with van der Waals surface area (Å²) in [6.07, 6.45) is -0.281. The molecule has 2 aromatic rings. The summed E-state index contributed by atoms with van der Waals surface area (Å²) in [4.78, 5) is 7.88. The number of aliphatic hydroxyl groups excluding tert-OH is 2. The molecule has 3 rings (SSSR count). The fourth-order valence-corrected chi connectivity index (χ4v) is 2.27. The van der Waals surface area contributed by atoms with Crippen LogP contribution in [-0.2, 0) is 4.74 Å². The normalized spacial score (nSPS) is 26.2. The molecule has 0 spiro atoms. The minimum absolute atomic E-state index is 0.0342. The van der Waals surface area contributed by atoms with Gasteiger partial charge < -0.3 is 20.7 Å². The summed E-state index contributed by atoms with van der Waals surface area (Å²) >= 11 is 0. The number of hydrogen-bond acceptors (Lipinski definition) is 9. The van der Waals surface area contributed by atoms with Crippen LogP contribution in [0.1, 0.15) is 12.6 Å². The van der Waals surface area contributed by atoms with E-state index in [1.165, 1.54) is 10.9 Å².